The van der Waals surface area contributed by atoms with E-state index in [0.717, 1.165) is 0 Å². The molecule has 6 heteroatoms. The van der Waals surface area contributed by atoms with Gasteiger partial charge >= 0.3 is 5.97 Å². The van der Waals surface area contributed by atoms with Crippen LogP contribution in [-0.2, 0) is 14.3 Å². The number of ether oxygens (including phenoxy) is 2. The molecule has 1 saturated heterocycles. The van der Waals surface area contributed by atoms with Gasteiger partial charge in [0.15, 0.2) is 5.78 Å². The van der Waals surface area contributed by atoms with Gasteiger partial charge in [0, 0.05) is 19.4 Å². The lowest BCUT2D eigenvalue weighted by molar-refractivity contribution is -0.148. The quantitative estimate of drug-likeness (QED) is 0.792. The van der Waals surface area contributed by atoms with Crippen LogP contribution in [0.25, 0.3) is 0 Å². The maximum Gasteiger partial charge on any atom is 0.325 e. The Bertz CT molecular complexity index is 671. The van der Waals surface area contributed by atoms with Crippen LogP contribution < -0.4 is 4.74 Å². The minimum Gasteiger partial charge on any atom is -0.486 e. The number of rotatable bonds is 3. The summed E-state index contributed by atoms with van der Waals surface area (Å²) in [6.45, 7) is 2.36. The predicted octanol–water partition coefficient (Wildman–Crippen LogP) is 1.97. The molecule has 1 amide bonds. The summed E-state index contributed by atoms with van der Waals surface area (Å²) in [6.07, 6.45) is 1.53. The molecule has 2 aliphatic rings. The van der Waals surface area contributed by atoms with Crippen molar-refractivity contribution in [2.24, 2.45) is 0 Å². The zero-order valence-corrected chi connectivity index (χ0v) is 13.7. The molecular weight excluding hydrogens is 310 g/mol. The molecule has 1 aromatic carbocycles. The van der Waals surface area contributed by atoms with Crippen LogP contribution in [-0.4, -0.2) is 47.9 Å². The number of carbonyl (C=O) groups is 3. The molecule has 2 heterocycles. The minimum absolute atomic E-state index is 0.0446. The molecule has 0 aliphatic carbocycles. The van der Waals surface area contributed by atoms with E-state index in [-0.39, 0.29) is 31.1 Å². The van der Waals surface area contributed by atoms with E-state index in [2.05, 4.69) is 0 Å². The number of nitrogens with zero attached hydrogens (tertiary/aromatic N) is 1. The van der Waals surface area contributed by atoms with E-state index in [1.807, 2.05) is 12.1 Å². The lowest BCUT2D eigenvalue weighted by Crippen LogP contribution is -2.43. The molecule has 1 fully saturated rings. The normalized spacial score (nSPS) is 23.5. The van der Waals surface area contributed by atoms with E-state index in [4.69, 9.17) is 9.47 Å². The first kappa shape index (κ1) is 16.5. The predicted molar refractivity (Wildman–Crippen MR) is 85.8 cm³/mol. The van der Waals surface area contributed by atoms with Gasteiger partial charge in [-0.15, -0.1) is 0 Å². The number of ketones is 1. The molecule has 3 rings (SSSR count). The van der Waals surface area contributed by atoms with Crippen molar-refractivity contribution in [1.29, 1.82) is 0 Å². The molecule has 1 spiro atoms. The highest BCUT2D eigenvalue weighted by atomic mass is 16.5. The monoisotopic (exact) mass is 331 g/mol. The lowest BCUT2D eigenvalue weighted by Gasteiger charge is -2.37. The molecule has 6 nitrogen and oxygen atoms in total. The zero-order chi connectivity index (χ0) is 17.2. The second kappa shape index (κ2) is 6.63. The Hall–Kier alpha value is -2.37. The first-order chi connectivity index (χ1) is 11.5. The van der Waals surface area contributed by atoms with Gasteiger partial charge in [-0.25, -0.2) is 0 Å². The molecule has 128 valence electrons. The standard InChI is InChI=1S/C18H21NO5/c1-2-23-17(22)12-19-10-9-18(8-7-16(19)21)11-14(20)13-5-3-4-6-15(13)24-18/h3-6H,2,7-12H2,1H3/t18-/m0/s1. The van der Waals surface area contributed by atoms with E-state index < -0.39 is 11.6 Å². The summed E-state index contributed by atoms with van der Waals surface area (Å²) in [5, 5.41) is 0. The summed E-state index contributed by atoms with van der Waals surface area (Å²) in [7, 11) is 0. The summed E-state index contributed by atoms with van der Waals surface area (Å²) in [5.74, 6) is 0.116. The van der Waals surface area contributed by atoms with Gasteiger partial charge in [-0.1, -0.05) is 12.1 Å². The van der Waals surface area contributed by atoms with E-state index in [1.165, 1.54) is 4.90 Å². The molecule has 0 bridgehead atoms. The van der Waals surface area contributed by atoms with Gasteiger partial charge in [-0.3, -0.25) is 14.4 Å². The second-order valence-electron chi connectivity index (χ2n) is 6.25. The topological polar surface area (TPSA) is 72.9 Å². The Morgan fingerprint density at radius 1 is 1.29 bits per heavy atom. The van der Waals surface area contributed by atoms with Gasteiger partial charge in [0.2, 0.25) is 5.91 Å². The summed E-state index contributed by atoms with van der Waals surface area (Å²) in [5.41, 5.74) is -0.0630. The van der Waals surface area contributed by atoms with Crippen molar-refractivity contribution in [3.8, 4) is 5.75 Å². The first-order valence-electron chi connectivity index (χ1n) is 8.28. The van der Waals surface area contributed by atoms with Crippen molar-refractivity contribution in [3.63, 3.8) is 0 Å². The molecule has 0 aromatic heterocycles. The van der Waals surface area contributed by atoms with Crippen molar-refractivity contribution in [1.82, 2.24) is 4.90 Å². The molecule has 0 unspecified atom stereocenters. The molecule has 2 aliphatic heterocycles. The number of hydrogen-bond donors (Lipinski definition) is 0. The molecular formula is C18H21NO5. The van der Waals surface area contributed by atoms with E-state index in [0.29, 0.717) is 37.3 Å². The van der Waals surface area contributed by atoms with Crippen LogP contribution in [0.15, 0.2) is 24.3 Å². The van der Waals surface area contributed by atoms with Crippen molar-refractivity contribution >= 4 is 17.7 Å². The van der Waals surface area contributed by atoms with Crippen molar-refractivity contribution in [2.45, 2.75) is 38.2 Å². The number of esters is 1. The number of likely N-dealkylation sites (tertiary alicyclic amines) is 1. The van der Waals surface area contributed by atoms with Crippen LogP contribution in [0.4, 0.5) is 0 Å². The van der Waals surface area contributed by atoms with Crippen molar-refractivity contribution in [2.75, 3.05) is 19.7 Å². The van der Waals surface area contributed by atoms with Crippen LogP contribution >= 0.6 is 0 Å². The van der Waals surface area contributed by atoms with Gasteiger partial charge in [-0.2, -0.15) is 0 Å². The number of amides is 1. The fourth-order valence-electron chi connectivity index (χ4n) is 3.33. The third kappa shape index (κ3) is 3.27. The van der Waals surface area contributed by atoms with Gasteiger partial charge in [0.05, 0.1) is 18.6 Å². The van der Waals surface area contributed by atoms with Crippen LogP contribution in [0, 0.1) is 0 Å². The average Bonchev–Trinajstić information content (AvgIpc) is 2.69. The summed E-state index contributed by atoms with van der Waals surface area (Å²) < 4.78 is 11.1. The van der Waals surface area contributed by atoms with Crippen LogP contribution in [0.3, 0.4) is 0 Å². The Balaban J connectivity index is 1.74. The fourth-order valence-corrected chi connectivity index (χ4v) is 3.33. The van der Waals surface area contributed by atoms with E-state index in [1.54, 1.807) is 19.1 Å². The summed E-state index contributed by atoms with van der Waals surface area (Å²) in [4.78, 5) is 37.9. The Labute approximate surface area is 140 Å². The van der Waals surface area contributed by atoms with Crippen LogP contribution in [0.5, 0.6) is 5.75 Å². The Morgan fingerprint density at radius 2 is 2.08 bits per heavy atom. The average molecular weight is 331 g/mol. The van der Waals surface area contributed by atoms with Crippen LogP contribution in [0.2, 0.25) is 0 Å². The number of carbonyl (C=O) groups excluding carboxylic acids is 3. The molecule has 0 N–H and O–H groups in total. The third-order valence-corrected chi connectivity index (χ3v) is 4.61. The number of benzene rings is 1. The maximum absolute atomic E-state index is 12.4. The highest BCUT2D eigenvalue weighted by molar-refractivity contribution is 6.00. The first-order valence-corrected chi connectivity index (χ1v) is 8.28. The van der Waals surface area contributed by atoms with Gasteiger partial charge in [-0.05, 0) is 25.5 Å². The largest absolute Gasteiger partial charge is 0.486 e. The highest BCUT2D eigenvalue weighted by Gasteiger charge is 2.43. The third-order valence-electron chi connectivity index (χ3n) is 4.61. The number of hydrogen-bond acceptors (Lipinski definition) is 5. The smallest absolute Gasteiger partial charge is 0.325 e. The summed E-state index contributed by atoms with van der Waals surface area (Å²) in [6, 6.07) is 7.20. The van der Waals surface area contributed by atoms with Gasteiger partial charge in [0.1, 0.15) is 17.9 Å². The van der Waals surface area contributed by atoms with Crippen molar-refractivity contribution < 1.29 is 23.9 Å². The maximum atomic E-state index is 12.4. The second-order valence-corrected chi connectivity index (χ2v) is 6.25. The zero-order valence-electron chi connectivity index (χ0n) is 13.7. The number of para-hydroxylation sites is 1. The lowest BCUT2D eigenvalue weighted by atomic mass is 9.84. The minimum atomic E-state index is -0.662. The molecule has 0 saturated carbocycles. The van der Waals surface area contributed by atoms with Gasteiger partial charge < -0.3 is 14.4 Å². The molecule has 1 atom stereocenters. The van der Waals surface area contributed by atoms with Crippen molar-refractivity contribution in [3.05, 3.63) is 29.8 Å². The Morgan fingerprint density at radius 3 is 2.88 bits per heavy atom. The van der Waals surface area contributed by atoms with Crippen LogP contribution in [0.1, 0.15) is 43.0 Å². The number of Topliss-reactive ketones (excluding diaryl/α,β-unsaturated/α-hetero) is 1. The van der Waals surface area contributed by atoms with E-state index in [9.17, 15) is 14.4 Å². The molecule has 0 radical (unpaired) electrons. The van der Waals surface area contributed by atoms with Gasteiger partial charge in [0.25, 0.3) is 0 Å². The summed E-state index contributed by atoms with van der Waals surface area (Å²) >= 11 is 0. The molecule has 24 heavy (non-hydrogen) atoms. The SMILES string of the molecule is CCOC(=O)CN1CC[C@@]2(CCC1=O)CC(=O)c1ccccc1O2. The Kier molecular flexibility index (Phi) is 4.55. The highest BCUT2D eigenvalue weighted by Crippen LogP contribution is 2.39. The molecule has 1 aromatic rings. The van der Waals surface area contributed by atoms with E-state index >= 15 is 0 Å². The number of fused-ring (bicyclic) bond motifs is 1. The fraction of sp³-hybridized carbons (Fsp3) is 0.500.